The highest BCUT2D eigenvalue weighted by molar-refractivity contribution is 7.47. The molecule has 0 radical (unpaired) electrons. The van der Waals surface area contributed by atoms with Gasteiger partial charge in [0, 0.05) is 19.3 Å². The van der Waals surface area contributed by atoms with E-state index in [2.05, 4.69) is 45.1 Å². The molecule has 3 rings (SSSR count). The number of rotatable bonds is 55. The summed E-state index contributed by atoms with van der Waals surface area (Å²) in [6, 6.07) is 0. The van der Waals surface area contributed by atoms with Crippen molar-refractivity contribution in [3.8, 4) is 0 Å². The van der Waals surface area contributed by atoms with Crippen molar-refractivity contribution in [1.29, 1.82) is 0 Å². The Morgan fingerprint density at radius 2 is 0.745 bits per heavy atom. The van der Waals surface area contributed by atoms with Gasteiger partial charge >= 0.3 is 25.7 Å². The lowest BCUT2D eigenvalue weighted by Gasteiger charge is -2.49. The zero-order chi connectivity index (χ0) is 68.9. The smallest absolute Gasteiger partial charge is 0.463 e. The molecule has 18 unspecified atom stereocenters. The number of allylic oxidation sites excluding steroid dienone is 4. The monoisotopic (exact) mass is 1370 g/mol. The first-order valence-corrected chi connectivity index (χ1v) is 37.6. The van der Waals surface area contributed by atoms with Gasteiger partial charge < -0.3 is 89.1 Å². The van der Waals surface area contributed by atoms with E-state index in [9.17, 15) is 74.9 Å². The largest absolute Gasteiger partial charge is 0.472 e. The van der Waals surface area contributed by atoms with E-state index in [0.29, 0.717) is 19.3 Å². The second-order valence-electron chi connectivity index (χ2n) is 25.9. The normalized spacial score (nSPS) is 28.4. The number of phosphoric acid groups is 1. The van der Waals surface area contributed by atoms with Crippen LogP contribution in [0.2, 0.25) is 0 Å². The number of carbonyl (C=O) groups is 3. The quantitative estimate of drug-likeness (QED) is 0.00889. The van der Waals surface area contributed by atoms with Crippen LogP contribution in [0.5, 0.6) is 0 Å². The molecule has 3 aliphatic rings. The van der Waals surface area contributed by atoms with Crippen LogP contribution in [0.15, 0.2) is 24.3 Å². The van der Waals surface area contributed by atoms with Gasteiger partial charge in [0.25, 0.3) is 0 Å². The van der Waals surface area contributed by atoms with Crippen LogP contribution in [0.3, 0.4) is 0 Å². The highest BCUT2D eigenvalue weighted by atomic mass is 31.2. The molecule has 25 heteroatoms. The molecule has 1 aliphatic carbocycles. The first-order valence-electron chi connectivity index (χ1n) is 36.1. The van der Waals surface area contributed by atoms with Crippen molar-refractivity contribution in [3.05, 3.63) is 24.3 Å². The number of hydrogen-bond donors (Lipinski definition) is 11. The van der Waals surface area contributed by atoms with Crippen LogP contribution in [-0.2, 0) is 61.2 Å². The summed E-state index contributed by atoms with van der Waals surface area (Å²) in [6.07, 6.45) is 9.84. The lowest BCUT2D eigenvalue weighted by atomic mass is 9.84. The van der Waals surface area contributed by atoms with E-state index < -0.39 is 156 Å². The first-order chi connectivity index (χ1) is 45.3. The number of esters is 3. The molecule has 0 bridgehead atoms. The summed E-state index contributed by atoms with van der Waals surface area (Å²) in [7, 11) is -5.69. The Kier molecular flexibility index (Phi) is 47.0. The van der Waals surface area contributed by atoms with E-state index in [1.165, 1.54) is 89.9 Å². The molecular formula is C69H125O24P. The van der Waals surface area contributed by atoms with Crippen LogP contribution in [-0.4, -0.2) is 204 Å². The van der Waals surface area contributed by atoms with Gasteiger partial charge in [-0.15, -0.1) is 0 Å². The topological polar surface area (TPSA) is 374 Å². The third kappa shape index (κ3) is 35.0. The zero-order valence-electron chi connectivity index (χ0n) is 57.0. The summed E-state index contributed by atoms with van der Waals surface area (Å²) in [5, 5.41) is 110. The van der Waals surface area contributed by atoms with Crippen LogP contribution < -0.4 is 0 Å². The van der Waals surface area contributed by atoms with Gasteiger partial charge in [-0.1, -0.05) is 199 Å². The maximum absolute atomic E-state index is 14.3. The second-order valence-corrected chi connectivity index (χ2v) is 27.4. The molecule has 2 aliphatic heterocycles. The molecule has 0 spiro atoms. The SMILES string of the molecule is CCCCCC/C=C\CCCCCCCCCC(=O)OC(COC(=O)CCCCCCCCCCCCC)COP(=O)(O)OC1C(OC2OC(CO)C(O)C(O)C2O)C(O)C(O)C(O)C1OC1OC(COC(=O)CCCCC/C=C\CCCCCCCC)C(O)C(O)C1O. The third-order valence-electron chi connectivity index (χ3n) is 17.7. The summed E-state index contributed by atoms with van der Waals surface area (Å²) in [6.45, 7) is 3.38. The molecule has 2 heterocycles. The Morgan fingerprint density at radius 1 is 0.404 bits per heavy atom. The summed E-state index contributed by atoms with van der Waals surface area (Å²) in [5.74, 6) is -2.01. The highest BCUT2D eigenvalue weighted by Crippen LogP contribution is 2.49. The minimum Gasteiger partial charge on any atom is -0.463 e. The molecule has 24 nitrogen and oxygen atoms in total. The maximum atomic E-state index is 14.3. The number of hydrogen-bond acceptors (Lipinski definition) is 23. The van der Waals surface area contributed by atoms with Crippen molar-refractivity contribution in [2.75, 3.05) is 26.4 Å². The second kappa shape index (κ2) is 51.6. The molecule has 94 heavy (non-hydrogen) atoms. The van der Waals surface area contributed by atoms with Gasteiger partial charge in [-0.3, -0.25) is 23.4 Å². The lowest BCUT2D eigenvalue weighted by molar-refractivity contribution is -0.360. The molecule has 3 fully saturated rings. The third-order valence-corrected chi connectivity index (χ3v) is 18.7. The minimum atomic E-state index is -5.69. The lowest BCUT2D eigenvalue weighted by Crippen LogP contribution is -2.69. The van der Waals surface area contributed by atoms with Gasteiger partial charge in [0.15, 0.2) is 18.7 Å². The molecule has 1 saturated carbocycles. The molecule has 0 aromatic carbocycles. The highest BCUT2D eigenvalue weighted by Gasteiger charge is 2.58. The minimum absolute atomic E-state index is 0.00799. The van der Waals surface area contributed by atoms with E-state index in [-0.39, 0.29) is 19.3 Å². The predicted molar refractivity (Wildman–Crippen MR) is 351 cm³/mol. The predicted octanol–water partition coefficient (Wildman–Crippen LogP) is 8.96. The number of aliphatic hydroxyl groups excluding tert-OH is 10. The van der Waals surface area contributed by atoms with Crippen molar-refractivity contribution < 1.29 is 117 Å². The molecule has 2 saturated heterocycles. The molecule has 0 amide bonds. The van der Waals surface area contributed by atoms with Crippen molar-refractivity contribution in [2.45, 2.75) is 369 Å². The van der Waals surface area contributed by atoms with Crippen molar-refractivity contribution in [2.24, 2.45) is 0 Å². The van der Waals surface area contributed by atoms with Crippen LogP contribution in [0.25, 0.3) is 0 Å². The summed E-state index contributed by atoms with van der Waals surface area (Å²) in [5.41, 5.74) is 0. The van der Waals surface area contributed by atoms with Gasteiger partial charge in [-0.05, 0) is 70.6 Å². The molecule has 0 aromatic rings. The summed E-state index contributed by atoms with van der Waals surface area (Å²) < 4.78 is 64.8. The van der Waals surface area contributed by atoms with Crippen LogP contribution in [0.4, 0.5) is 0 Å². The van der Waals surface area contributed by atoms with Crippen molar-refractivity contribution in [1.82, 2.24) is 0 Å². The van der Waals surface area contributed by atoms with Crippen LogP contribution in [0.1, 0.15) is 265 Å². The van der Waals surface area contributed by atoms with E-state index >= 15 is 0 Å². The average Bonchev–Trinajstić information content (AvgIpc) is 0.765. The number of aliphatic hydroxyl groups is 10. The van der Waals surface area contributed by atoms with Gasteiger partial charge in [0.05, 0.1) is 13.2 Å². The van der Waals surface area contributed by atoms with E-state index in [1.54, 1.807) is 0 Å². The molecule has 11 N–H and O–H groups in total. The Bertz CT molecular complexity index is 2050. The Hall–Kier alpha value is -2.56. The fourth-order valence-corrected chi connectivity index (χ4v) is 12.7. The van der Waals surface area contributed by atoms with Gasteiger partial charge in [0.2, 0.25) is 0 Å². The number of phosphoric ester groups is 1. The van der Waals surface area contributed by atoms with Gasteiger partial charge in [-0.2, -0.15) is 0 Å². The zero-order valence-corrected chi connectivity index (χ0v) is 57.9. The average molecular weight is 1370 g/mol. The molecule has 0 aromatic heterocycles. The van der Waals surface area contributed by atoms with Crippen LogP contribution in [0, 0.1) is 0 Å². The molecule has 18 atom stereocenters. The van der Waals surface area contributed by atoms with E-state index in [0.717, 1.165) is 116 Å². The first kappa shape index (κ1) is 85.7. The van der Waals surface area contributed by atoms with Crippen molar-refractivity contribution >= 4 is 25.7 Å². The fourth-order valence-electron chi connectivity index (χ4n) is 11.7. The number of carbonyl (C=O) groups excluding carboxylic acids is 3. The maximum Gasteiger partial charge on any atom is 0.472 e. The Morgan fingerprint density at radius 3 is 1.17 bits per heavy atom. The van der Waals surface area contributed by atoms with Crippen molar-refractivity contribution in [3.63, 3.8) is 0 Å². The summed E-state index contributed by atoms with van der Waals surface area (Å²) >= 11 is 0. The van der Waals surface area contributed by atoms with E-state index in [1.807, 2.05) is 0 Å². The molecule has 550 valence electrons. The number of ether oxygens (including phenoxy) is 7. The Labute approximate surface area is 560 Å². The van der Waals surface area contributed by atoms with Crippen LogP contribution >= 0.6 is 7.82 Å². The number of unbranched alkanes of at least 4 members (excludes halogenated alkanes) is 30. The van der Waals surface area contributed by atoms with Gasteiger partial charge in [0.1, 0.15) is 98.7 Å². The van der Waals surface area contributed by atoms with E-state index in [4.69, 9.17) is 42.2 Å². The Balaban J connectivity index is 1.76. The standard InChI is InChI=1S/C69H125O24P/c1-4-7-10-13-16-19-22-24-25-27-30-33-36-39-42-45-55(73)88-50(47-85-53(71)43-40-37-34-31-28-21-18-15-12-9-6-3)48-87-94(83,84)93-67-65(91-68-63(81)58(76)56(74)51(46-70)89-68)61(79)60(78)62(80)66(67)92-69-64(82)59(77)57(75)52(90-69)49-86-54(72)44-41-38-35-32-29-26-23-20-17-14-11-8-5-2/h19,22,26,29,50-52,56-70,74-82H,4-18,20-21,23-25,27-28,30-49H2,1-3H3,(H,83,84)/b22-19-,29-26-. The van der Waals surface area contributed by atoms with Gasteiger partial charge in [-0.25, -0.2) is 4.57 Å². The fraction of sp³-hybridized carbons (Fsp3) is 0.899. The molecular weight excluding hydrogens is 1240 g/mol. The summed E-state index contributed by atoms with van der Waals surface area (Å²) in [4.78, 5) is 50.8.